The molecule has 0 unspecified atom stereocenters. The molecule has 0 saturated carbocycles. The Kier molecular flexibility index (Phi) is 5.10. The van der Waals surface area contributed by atoms with Crippen LogP contribution in [0, 0.1) is 0 Å². The van der Waals surface area contributed by atoms with Crippen molar-refractivity contribution in [3.8, 4) is 0 Å². The summed E-state index contributed by atoms with van der Waals surface area (Å²) >= 11 is 0. The van der Waals surface area contributed by atoms with Gasteiger partial charge >= 0.3 is 0 Å². The summed E-state index contributed by atoms with van der Waals surface area (Å²) in [5, 5.41) is 9.39. The lowest BCUT2D eigenvalue weighted by molar-refractivity contribution is 0.276. The number of nitrogens with zero attached hydrogens (tertiary/aromatic N) is 3. The Balaban J connectivity index is 3.10. The van der Waals surface area contributed by atoms with Crippen LogP contribution in [0.5, 0.6) is 0 Å². The van der Waals surface area contributed by atoms with Crippen LogP contribution in [0.3, 0.4) is 0 Å². The van der Waals surface area contributed by atoms with Gasteiger partial charge in [0.15, 0.2) is 0 Å². The minimum absolute atomic E-state index is 0.0643. The van der Waals surface area contributed by atoms with E-state index < -0.39 is 0 Å². The number of anilines is 1. The number of aromatic nitrogens is 2. The summed E-state index contributed by atoms with van der Waals surface area (Å²) in [6.45, 7) is 11.4. The van der Waals surface area contributed by atoms with Crippen LogP contribution in [0.2, 0.25) is 0 Å². The number of aliphatic hydroxyl groups excluding tert-OH is 1. The van der Waals surface area contributed by atoms with E-state index in [2.05, 4.69) is 28.4 Å². The first-order valence-corrected chi connectivity index (χ1v) is 5.96. The van der Waals surface area contributed by atoms with Crippen LogP contribution < -0.4 is 4.90 Å². The van der Waals surface area contributed by atoms with Crippen LogP contribution in [0.1, 0.15) is 38.2 Å². The SMILES string of the molecule is C=CCN(CC)c1cnc(C(C)C)nc1CO. The van der Waals surface area contributed by atoms with Crippen molar-refractivity contribution in [1.82, 2.24) is 9.97 Å². The van der Waals surface area contributed by atoms with Gasteiger partial charge in [-0.25, -0.2) is 9.97 Å². The molecule has 94 valence electrons. The normalized spacial score (nSPS) is 10.6. The predicted octanol–water partition coefficient (Wildman–Crippen LogP) is 2.10. The van der Waals surface area contributed by atoms with E-state index in [-0.39, 0.29) is 12.5 Å². The molecule has 17 heavy (non-hydrogen) atoms. The zero-order valence-electron chi connectivity index (χ0n) is 10.8. The lowest BCUT2D eigenvalue weighted by Crippen LogP contribution is -2.25. The minimum Gasteiger partial charge on any atom is -0.390 e. The summed E-state index contributed by atoms with van der Waals surface area (Å²) in [6.07, 6.45) is 3.63. The molecule has 0 bridgehead atoms. The van der Waals surface area contributed by atoms with Crippen LogP contribution >= 0.6 is 0 Å². The fraction of sp³-hybridized carbons (Fsp3) is 0.538. The highest BCUT2D eigenvalue weighted by Gasteiger charge is 2.12. The topological polar surface area (TPSA) is 49.2 Å². The predicted molar refractivity (Wildman–Crippen MR) is 70.1 cm³/mol. The van der Waals surface area contributed by atoms with Crippen molar-refractivity contribution < 1.29 is 5.11 Å². The highest BCUT2D eigenvalue weighted by molar-refractivity contribution is 5.49. The van der Waals surface area contributed by atoms with E-state index in [1.165, 1.54) is 0 Å². The van der Waals surface area contributed by atoms with E-state index in [0.717, 1.165) is 24.6 Å². The molecule has 1 aromatic rings. The fourth-order valence-corrected chi connectivity index (χ4v) is 1.64. The van der Waals surface area contributed by atoms with Gasteiger partial charge in [-0.1, -0.05) is 19.9 Å². The van der Waals surface area contributed by atoms with Crippen LogP contribution in [-0.4, -0.2) is 28.2 Å². The highest BCUT2D eigenvalue weighted by Crippen LogP contribution is 2.20. The number of likely N-dealkylation sites (N-methyl/N-ethyl adjacent to an activating group) is 1. The maximum Gasteiger partial charge on any atom is 0.131 e. The molecule has 4 heteroatoms. The molecule has 0 atom stereocenters. The number of hydrogen-bond donors (Lipinski definition) is 1. The van der Waals surface area contributed by atoms with Crippen LogP contribution in [-0.2, 0) is 6.61 Å². The summed E-state index contributed by atoms with van der Waals surface area (Å²) in [4.78, 5) is 10.8. The van der Waals surface area contributed by atoms with Gasteiger partial charge < -0.3 is 10.0 Å². The largest absolute Gasteiger partial charge is 0.390 e. The van der Waals surface area contributed by atoms with Gasteiger partial charge in [-0.05, 0) is 6.92 Å². The third-order valence-corrected chi connectivity index (χ3v) is 2.60. The second-order valence-electron chi connectivity index (χ2n) is 4.20. The van der Waals surface area contributed by atoms with Gasteiger partial charge in [0.25, 0.3) is 0 Å². The lowest BCUT2D eigenvalue weighted by Gasteiger charge is -2.23. The molecule has 0 amide bonds. The van der Waals surface area contributed by atoms with Crippen molar-refractivity contribution in [3.05, 3.63) is 30.4 Å². The van der Waals surface area contributed by atoms with Crippen LogP contribution in [0.4, 0.5) is 5.69 Å². The fourth-order valence-electron chi connectivity index (χ4n) is 1.64. The maximum absolute atomic E-state index is 9.39. The van der Waals surface area contributed by atoms with E-state index in [1.54, 1.807) is 6.20 Å². The number of aliphatic hydroxyl groups is 1. The quantitative estimate of drug-likeness (QED) is 0.767. The van der Waals surface area contributed by atoms with E-state index in [1.807, 2.05) is 19.9 Å². The summed E-state index contributed by atoms with van der Waals surface area (Å²) in [5.74, 6) is 1.04. The van der Waals surface area contributed by atoms with E-state index in [0.29, 0.717) is 5.69 Å². The average Bonchev–Trinajstić information content (AvgIpc) is 2.35. The van der Waals surface area contributed by atoms with Crippen molar-refractivity contribution in [2.45, 2.75) is 33.3 Å². The summed E-state index contributed by atoms with van der Waals surface area (Å²) in [7, 11) is 0. The standard InChI is InChI=1S/C13H21N3O/c1-5-7-16(6-2)12-8-14-13(10(3)4)15-11(12)9-17/h5,8,10,17H,1,6-7,9H2,2-4H3. The molecule has 0 fully saturated rings. The van der Waals surface area contributed by atoms with Crippen molar-refractivity contribution in [3.63, 3.8) is 0 Å². The first kappa shape index (κ1) is 13.6. The summed E-state index contributed by atoms with van der Waals surface area (Å²) in [6, 6.07) is 0. The second kappa shape index (κ2) is 6.35. The molecular formula is C13H21N3O. The van der Waals surface area contributed by atoms with Crippen molar-refractivity contribution in [1.29, 1.82) is 0 Å². The van der Waals surface area contributed by atoms with Crippen LogP contribution in [0.15, 0.2) is 18.9 Å². The second-order valence-corrected chi connectivity index (χ2v) is 4.20. The van der Waals surface area contributed by atoms with E-state index in [9.17, 15) is 5.11 Å². The monoisotopic (exact) mass is 235 g/mol. The Hall–Kier alpha value is -1.42. The zero-order valence-corrected chi connectivity index (χ0v) is 10.8. The van der Waals surface area contributed by atoms with Gasteiger partial charge in [-0.15, -0.1) is 6.58 Å². The summed E-state index contributed by atoms with van der Waals surface area (Å²) < 4.78 is 0. The third-order valence-electron chi connectivity index (χ3n) is 2.60. The van der Waals surface area contributed by atoms with Gasteiger partial charge in [-0.2, -0.15) is 0 Å². The van der Waals surface area contributed by atoms with Crippen LogP contribution in [0.25, 0.3) is 0 Å². The molecule has 4 nitrogen and oxygen atoms in total. The minimum atomic E-state index is -0.0643. The molecule has 1 heterocycles. The molecule has 0 aliphatic carbocycles. The smallest absolute Gasteiger partial charge is 0.131 e. The summed E-state index contributed by atoms with van der Waals surface area (Å²) in [5.41, 5.74) is 1.58. The Morgan fingerprint density at radius 3 is 2.71 bits per heavy atom. The van der Waals surface area contributed by atoms with Crippen molar-refractivity contribution >= 4 is 5.69 Å². The molecule has 0 saturated heterocycles. The molecule has 0 aromatic carbocycles. The Morgan fingerprint density at radius 1 is 1.53 bits per heavy atom. The van der Waals surface area contributed by atoms with Gasteiger partial charge in [0.2, 0.25) is 0 Å². The zero-order chi connectivity index (χ0) is 12.8. The molecule has 1 rings (SSSR count). The third kappa shape index (κ3) is 3.27. The lowest BCUT2D eigenvalue weighted by atomic mass is 10.2. The molecular weight excluding hydrogens is 214 g/mol. The molecule has 0 aliphatic heterocycles. The maximum atomic E-state index is 9.39. The number of hydrogen-bond acceptors (Lipinski definition) is 4. The average molecular weight is 235 g/mol. The Labute approximate surface area is 103 Å². The van der Waals surface area contributed by atoms with Gasteiger partial charge in [0.05, 0.1) is 24.2 Å². The van der Waals surface area contributed by atoms with Crippen molar-refractivity contribution in [2.75, 3.05) is 18.0 Å². The highest BCUT2D eigenvalue weighted by atomic mass is 16.3. The van der Waals surface area contributed by atoms with Gasteiger partial charge in [0, 0.05) is 19.0 Å². The Bertz CT molecular complexity index is 377. The first-order chi connectivity index (χ1) is 8.13. The van der Waals surface area contributed by atoms with E-state index >= 15 is 0 Å². The molecule has 0 radical (unpaired) electrons. The molecule has 0 spiro atoms. The van der Waals surface area contributed by atoms with Gasteiger partial charge in [-0.3, -0.25) is 0 Å². The number of rotatable bonds is 6. The Morgan fingerprint density at radius 2 is 2.24 bits per heavy atom. The van der Waals surface area contributed by atoms with Gasteiger partial charge in [0.1, 0.15) is 5.82 Å². The van der Waals surface area contributed by atoms with E-state index in [4.69, 9.17) is 0 Å². The molecule has 1 N–H and O–H groups in total. The first-order valence-electron chi connectivity index (χ1n) is 5.96. The molecule has 0 aliphatic rings. The molecule has 1 aromatic heterocycles. The van der Waals surface area contributed by atoms with Crippen molar-refractivity contribution in [2.24, 2.45) is 0 Å².